The van der Waals surface area contributed by atoms with Gasteiger partial charge in [-0.1, -0.05) is 0 Å². The van der Waals surface area contributed by atoms with Crippen LogP contribution < -0.4 is 5.32 Å². The third-order valence-corrected chi connectivity index (χ3v) is 4.57. The monoisotopic (exact) mass is 265 g/mol. The lowest BCUT2D eigenvalue weighted by Gasteiger charge is -2.20. The number of methoxy groups -OCH3 is 1. The van der Waals surface area contributed by atoms with Crippen molar-refractivity contribution in [2.75, 3.05) is 20.3 Å². The van der Waals surface area contributed by atoms with Crippen LogP contribution in [0.3, 0.4) is 0 Å². The molecule has 1 atom stereocenters. The second-order valence-electron chi connectivity index (χ2n) is 6.05. The summed E-state index contributed by atoms with van der Waals surface area (Å²) in [6.07, 6.45) is 3.84. The summed E-state index contributed by atoms with van der Waals surface area (Å²) in [5.41, 5.74) is 4.25. The molecule has 0 radical (unpaired) electrons. The van der Waals surface area contributed by atoms with Gasteiger partial charge >= 0.3 is 0 Å². The summed E-state index contributed by atoms with van der Waals surface area (Å²) < 4.78 is 7.18. The van der Waals surface area contributed by atoms with Crippen molar-refractivity contribution < 1.29 is 4.74 Å². The summed E-state index contributed by atoms with van der Waals surface area (Å²) in [4.78, 5) is 0. The van der Waals surface area contributed by atoms with Gasteiger partial charge in [-0.05, 0) is 45.4 Å². The number of nitrogens with zero attached hydrogens (tertiary/aromatic N) is 2. The van der Waals surface area contributed by atoms with E-state index in [1.54, 1.807) is 7.11 Å². The lowest BCUT2D eigenvalue weighted by atomic mass is 10.0. The molecule has 1 aromatic rings. The van der Waals surface area contributed by atoms with E-state index in [9.17, 15) is 0 Å². The van der Waals surface area contributed by atoms with Gasteiger partial charge < -0.3 is 10.1 Å². The van der Waals surface area contributed by atoms with Gasteiger partial charge in [-0.3, -0.25) is 4.68 Å². The second kappa shape index (κ2) is 5.63. The molecule has 1 aliphatic rings. The molecule has 0 spiro atoms. The fourth-order valence-corrected chi connectivity index (χ4v) is 2.90. The third kappa shape index (κ3) is 3.18. The topological polar surface area (TPSA) is 39.1 Å². The molecule has 108 valence electrons. The Kier molecular flexibility index (Phi) is 4.31. The molecule has 19 heavy (non-hydrogen) atoms. The SMILES string of the molecule is COCCC1(CNC(C)c2c(C)nn(C)c2C)CC1. The van der Waals surface area contributed by atoms with Crippen LogP contribution in [0.4, 0.5) is 0 Å². The van der Waals surface area contributed by atoms with E-state index >= 15 is 0 Å². The van der Waals surface area contributed by atoms with E-state index in [1.807, 2.05) is 11.7 Å². The van der Waals surface area contributed by atoms with Gasteiger partial charge in [0.1, 0.15) is 0 Å². The summed E-state index contributed by atoms with van der Waals surface area (Å²) in [6.45, 7) is 8.44. The van der Waals surface area contributed by atoms with Crippen LogP contribution in [0.2, 0.25) is 0 Å². The number of aromatic nitrogens is 2. The summed E-state index contributed by atoms with van der Waals surface area (Å²) >= 11 is 0. The van der Waals surface area contributed by atoms with Gasteiger partial charge in [0, 0.05) is 44.6 Å². The number of hydrogen-bond acceptors (Lipinski definition) is 3. The Balaban J connectivity index is 1.93. The van der Waals surface area contributed by atoms with Crippen LogP contribution in [0.5, 0.6) is 0 Å². The molecule has 1 N–H and O–H groups in total. The van der Waals surface area contributed by atoms with Gasteiger partial charge in [-0.25, -0.2) is 0 Å². The van der Waals surface area contributed by atoms with Gasteiger partial charge in [0.15, 0.2) is 0 Å². The molecule has 2 rings (SSSR count). The Morgan fingerprint density at radius 1 is 1.42 bits per heavy atom. The molecule has 1 heterocycles. The maximum Gasteiger partial charge on any atom is 0.0644 e. The van der Waals surface area contributed by atoms with Gasteiger partial charge in [0.2, 0.25) is 0 Å². The Bertz CT molecular complexity index is 435. The summed E-state index contributed by atoms with van der Waals surface area (Å²) in [6, 6.07) is 0.369. The van der Waals surface area contributed by atoms with E-state index in [4.69, 9.17) is 4.74 Å². The predicted molar refractivity (Wildman–Crippen MR) is 77.3 cm³/mol. The Labute approximate surface area is 116 Å². The fraction of sp³-hybridized carbons (Fsp3) is 0.800. The zero-order chi connectivity index (χ0) is 14.0. The van der Waals surface area contributed by atoms with Gasteiger partial charge in [0.05, 0.1) is 5.69 Å². The quantitative estimate of drug-likeness (QED) is 0.823. The highest BCUT2D eigenvalue weighted by Gasteiger charge is 2.41. The Morgan fingerprint density at radius 2 is 2.11 bits per heavy atom. The van der Waals surface area contributed by atoms with Crippen LogP contribution in [0.25, 0.3) is 0 Å². The van der Waals surface area contributed by atoms with Crippen molar-refractivity contribution in [2.45, 2.75) is 46.1 Å². The van der Waals surface area contributed by atoms with Crippen molar-refractivity contribution >= 4 is 0 Å². The molecule has 4 nitrogen and oxygen atoms in total. The van der Waals surface area contributed by atoms with Crippen LogP contribution in [-0.4, -0.2) is 30.0 Å². The molecule has 4 heteroatoms. The van der Waals surface area contributed by atoms with Crippen LogP contribution in [0.15, 0.2) is 0 Å². The average molecular weight is 265 g/mol. The van der Waals surface area contributed by atoms with Crippen LogP contribution >= 0.6 is 0 Å². The van der Waals surface area contributed by atoms with Gasteiger partial charge in [-0.2, -0.15) is 5.10 Å². The molecule has 0 aliphatic heterocycles. The largest absolute Gasteiger partial charge is 0.385 e. The summed E-state index contributed by atoms with van der Waals surface area (Å²) in [5.74, 6) is 0. The molecule has 0 amide bonds. The Hall–Kier alpha value is -0.870. The number of nitrogens with one attached hydrogen (secondary N) is 1. The molecule has 0 aromatic carbocycles. The second-order valence-corrected chi connectivity index (χ2v) is 6.05. The smallest absolute Gasteiger partial charge is 0.0644 e. The van der Waals surface area contributed by atoms with E-state index < -0.39 is 0 Å². The van der Waals surface area contributed by atoms with Crippen LogP contribution in [-0.2, 0) is 11.8 Å². The van der Waals surface area contributed by atoms with Crippen LogP contribution in [0.1, 0.15) is 49.2 Å². The third-order valence-electron chi connectivity index (χ3n) is 4.57. The van der Waals surface area contributed by atoms with Crippen molar-refractivity contribution in [2.24, 2.45) is 12.5 Å². The van der Waals surface area contributed by atoms with E-state index in [0.717, 1.165) is 18.8 Å². The van der Waals surface area contributed by atoms with E-state index in [-0.39, 0.29) is 0 Å². The molecule has 1 aromatic heterocycles. The number of aryl methyl sites for hydroxylation is 2. The first-order valence-electron chi connectivity index (χ1n) is 7.21. The molecular formula is C15H27N3O. The standard InChI is InChI=1S/C15H27N3O/c1-11(14-12(2)17-18(4)13(14)3)16-10-15(6-7-15)8-9-19-5/h11,16H,6-10H2,1-5H3. The normalized spacial score (nSPS) is 18.6. The summed E-state index contributed by atoms with van der Waals surface area (Å²) in [7, 11) is 3.80. The summed E-state index contributed by atoms with van der Waals surface area (Å²) in [5, 5.41) is 8.19. The van der Waals surface area contributed by atoms with E-state index in [0.29, 0.717) is 11.5 Å². The zero-order valence-corrected chi connectivity index (χ0v) is 12.9. The van der Waals surface area contributed by atoms with Crippen LogP contribution in [0, 0.1) is 19.3 Å². The highest BCUT2D eigenvalue weighted by Crippen LogP contribution is 2.48. The van der Waals surface area contributed by atoms with Crippen molar-refractivity contribution in [1.29, 1.82) is 0 Å². The molecule has 0 saturated heterocycles. The maximum absolute atomic E-state index is 5.21. The predicted octanol–water partition coefficient (Wildman–Crippen LogP) is 2.50. The number of hydrogen-bond donors (Lipinski definition) is 1. The highest BCUT2D eigenvalue weighted by atomic mass is 16.5. The molecule has 1 aliphatic carbocycles. The van der Waals surface area contributed by atoms with Crippen molar-refractivity contribution in [3.63, 3.8) is 0 Å². The molecule has 1 saturated carbocycles. The minimum atomic E-state index is 0.369. The van der Waals surface area contributed by atoms with Crippen molar-refractivity contribution in [1.82, 2.24) is 15.1 Å². The minimum Gasteiger partial charge on any atom is -0.385 e. The lowest BCUT2D eigenvalue weighted by Crippen LogP contribution is -2.28. The molecule has 0 bridgehead atoms. The maximum atomic E-state index is 5.21. The van der Waals surface area contributed by atoms with Gasteiger partial charge in [0.25, 0.3) is 0 Å². The highest BCUT2D eigenvalue weighted by molar-refractivity contribution is 5.27. The van der Waals surface area contributed by atoms with Gasteiger partial charge in [-0.15, -0.1) is 0 Å². The van der Waals surface area contributed by atoms with Crippen molar-refractivity contribution in [3.8, 4) is 0 Å². The first kappa shape index (κ1) is 14.5. The zero-order valence-electron chi connectivity index (χ0n) is 12.9. The van der Waals surface area contributed by atoms with Crippen molar-refractivity contribution in [3.05, 3.63) is 17.0 Å². The fourth-order valence-electron chi connectivity index (χ4n) is 2.90. The Morgan fingerprint density at radius 3 is 2.58 bits per heavy atom. The average Bonchev–Trinajstić information content (AvgIpc) is 3.09. The molecular weight excluding hydrogens is 238 g/mol. The lowest BCUT2D eigenvalue weighted by molar-refractivity contribution is 0.170. The molecule has 1 fully saturated rings. The van der Waals surface area contributed by atoms with E-state index in [2.05, 4.69) is 31.2 Å². The minimum absolute atomic E-state index is 0.369. The first-order valence-corrected chi connectivity index (χ1v) is 7.21. The van der Waals surface area contributed by atoms with E-state index in [1.165, 1.54) is 30.5 Å². The first-order chi connectivity index (χ1) is 8.99. The number of ether oxygens (including phenoxy) is 1. The molecule has 1 unspecified atom stereocenters. The number of rotatable bonds is 7.